The number of rotatable bonds is 4. The van der Waals surface area contributed by atoms with Crippen LogP contribution in [-0.2, 0) is 11.3 Å². The number of nitrogens with one attached hydrogen (secondary N) is 1. The molecule has 2 aromatic carbocycles. The molecule has 0 aliphatic heterocycles. The number of ether oxygens (including phenoxy) is 1. The summed E-state index contributed by atoms with van der Waals surface area (Å²) in [6.45, 7) is 2.55. The van der Waals surface area contributed by atoms with E-state index in [1.807, 2.05) is 25.1 Å². The van der Waals surface area contributed by atoms with Crippen LogP contribution in [0.5, 0.6) is 5.75 Å². The SMILES string of the molecule is COC(=O)c1ccc(NCc2ccc(O)c(Br)c2)c(C)c1. The van der Waals surface area contributed by atoms with Gasteiger partial charge in [0.05, 0.1) is 17.1 Å². The largest absolute Gasteiger partial charge is 0.507 e. The molecule has 2 aromatic rings. The monoisotopic (exact) mass is 349 g/mol. The van der Waals surface area contributed by atoms with Gasteiger partial charge in [-0.1, -0.05) is 6.07 Å². The minimum Gasteiger partial charge on any atom is -0.507 e. The van der Waals surface area contributed by atoms with E-state index < -0.39 is 0 Å². The van der Waals surface area contributed by atoms with Crippen molar-refractivity contribution in [1.82, 2.24) is 0 Å². The number of phenolic OH excluding ortho intramolecular Hbond substituents is 1. The zero-order valence-electron chi connectivity index (χ0n) is 11.8. The van der Waals surface area contributed by atoms with Gasteiger partial charge in [-0.25, -0.2) is 4.79 Å². The Hall–Kier alpha value is -2.01. The average molecular weight is 350 g/mol. The molecule has 110 valence electrons. The molecule has 0 fully saturated rings. The summed E-state index contributed by atoms with van der Waals surface area (Å²) in [6.07, 6.45) is 0. The zero-order chi connectivity index (χ0) is 15.4. The van der Waals surface area contributed by atoms with Crippen molar-refractivity contribution in [1.29, 1.82) is 0 Å². The molecule has 0 radical (unpaired) electrons. The smallest absolute Gasteiger partial charge is 0.337 e. The van der Waals surface area contributed by atoms with Gasteiger partial charge in [0.1, 0.15) is 5.75 Å². The lowest BCUT2D eigenvalue weighted by Crippen LogP contribution is -2.04. The van der Waals surface area contributed by atoms with E-state index in [0.29, 0.717) is 16.6 Å². The minimum atomic E-state index is -0.341. The number of aryl methyl sites for hydroxylation is 1. The number of methoxy groups -OCH3 is 1. The first-order valence-electron chi connectivity index (χ1n) is 6.41. The standard InChI is InChI=1S/C16H16BrNO3/c1-10-7-12(16(20)21-2)4-5-14(10)18-9-11-3-6-15(19)13(17)8-11/h3-8,18-19H,9H2,1-2H3. The third-order valence-corrected chi connectivity index (χ3v) is 3.78. The average Bonchev–Trinajstić information content (AvgIpc) is 2.48. The van der Waals surface area contributed by atoms with Crippen molar-refractivity contribution in [3.05, 3.63) is 57.6 Å². The van der Waals surface area contributed by atoms with E-state index in [4.69, 9.17) is 4.74 Å². The second kappa shape index (κ2) is 6.63. The molecular weight excluding hydrogens is 334 g/mol. The fourth-order valence-corrected chi connectivity index (χ4v) is 2.39. The van der Waals surface area contributed by atoms with Gasteiger partial charge >= 0.3 is 5.97 Å². The third-order valence-electron chi connectivity index (χ3n) is 3.14. The van der Waals surface area contributed by atoms with E-state index in [2.05, 4.69) is 21.2 Å². The summed E-state index contributed by atoms with van der Waals surface area (Å²) in [5.74, 6) is -0.121. The van der Waals surface area contributed by atoms with E-state index in [-0.39, 0.29) is 11.7 Å². The van der Waals surface area contributed by atoms with Gasteiger partial charge in [-0.3, -0.25) is 0 Å². The predicted molar refractivity (Wildman–Crippen MR) is 85.7 cm³/mol. The number of aromatic hydroxyl groups is 1. The Labute approximate surface area is 131 Å². The highest BCUT2D eigenvalue weighted by molar-refractivity contribution is 9.10. The summed E-state index contributed by atoms with van der Waals surface area (Å²) in [5, 5.41) is 12.8. The molecule has 2 N–H and O–H groups in total. The molecular formula is C16H16BrNO3. The number of halogens is 1. The Balaban J connectivity index is 2.09. The van der Waals surface area contributed by atoms with Crippen molar-refractivity contribution in [2.75, 3.05) is 12.4 Å². The van der Waals surface area contributed by atoms with Crippen molar-refractivity contribution in [2.45, 2.75) is 13.5 Å². The Morgan fingerprint density at radius 1 is 1.29 bits per heavy atom. The van der Waals surface area contributed by atoms with Crippen LogP contribution in [0.2, 0.25) is 0 Å². The number of hydrogen-bond acceptors (Lipinski definition) is 4. The van der Waals surface area contributed by atoms with E-state index in [0.717, 1.165) is 16.8 Å². The van der Waals surface area contributed by atoms with Gasteiger partial charge < -0.3 is 15.2 Å². The molecule has 0 saturated heterocycles. The van der Waals surface area contributed by atoms with Gasteiger partial charge in [0.2, 0.25) is 0 Å². The molecule has 2 rings (SSSR count). The number of esters is 1. The molecule has 5 heteroatoms. The number of hydrogen-bond donors (Lipinski definition) is 2. The molecule has 21 heavy (non-hydrogen) atoms. The summed E-state index contributed by atoms with van der Waals surface area (Å²) < 4.78 is 5.36. The van der Waals surface area contributed by atoms with Crippen LogP contribution in [0.4, 0.5) is 5.69 Å². The maximum absolute atomic E-state index is 11.5. The Morgan fingerprint density at radius 2 is 2.05 bits per heavy atom. The zero-order valence-corrected chi connectivity index (χ0v) is 13.4. The summed E-state index contributed by atoms with van der Waals surface area (Å²) in [6, 6.07) is 10.7. The molecule has 0 aliphatic carbocycles. The molecule has 0 aromatic heterocycles. The van der Waals surface area contributed by atoms with Crippen LogP contribution < -0.4 is 5.32 Å². The summed E-state index contributed by atoms with van der Waals surface area (Å²) in [5.41, 5.74) is 3.49. The van der Waals surface area contributed by atoms with E-state index in [1.165, 1.54) is 7.11 Å². The molecule has 0 atom stereocenters. The summed E-state index contributed by atoms with van der Waals surface area (Å²) >= 11 is 3.29. The Kier molecular flexibility index (Phi) is 4.85. The fourth-order valence-electron chi connectivity index (χ4n) is 1.96. The van der Waals surface area contributed by atoms with Crippen LogP contribution in [0.15, 0.2) is 40.9 Å². The van der Waals surface area contributed by atoms with Crippen molar-refractivity contribution in [3.63, 3.8) is 0 Å². The second-order valence-corrected chi connectivity index (χ2v) is 5.51. The van der Waals surface area contributed by atoms with Gasteiger partial charge in [0, 0.05) is 12.2 Å². The van der Waals surface area contributed by atoms with Crippen molar-refractivity contribution in [2.24, 2.45) is 0 Å². The van der Waals surface area contributed by atoms with Crippen LogP contribution in [-0.4, -0.2) is 18.2 Å². The van der Waals surface area contributed by atoms with Crippen LogP contribution in [0.25, 0.3) is 0 Å². The van der Waals surface area contributed by atoms with Crippen molar-refractivity contribution < 1.29 is 14.6 Å². The molecule has 4 nitrogen and oxygen atoms in total. The van der Waals surface area contributed by atoms with E-state index in [1.54, 1.807) is 18.2 Å². The summed E-state index contributed by atoms with van der Waals surface area (Å²) in [4.78, 5) is 11.5. The normalized spacial score (nSPS) is 10.2. The molecule has 0 heterocycles. The first-order chi connectivity index (χ1) is 10.0. The van der Waals surface area contributed by atoms with Crippen molar-refractivity contribution in [3.8, 4) is 5.75 Å². The first kappa shape index (κ1) is 15.4. The summed E-state index contributed by atoms with van der Waals surface area (Å²) in [7, 11) is 1.37. The van der Waals surface area contributed by atoms with Gasteiger partial charge in [-0.15, -0.1) is 0 Å². The quantitative estimate of drug-likeness (QED) is 0.822. The van der Waals surface area contributed by atoms with E-state index >= 15 is 0 Å². The first-order valence-corrected chi connectivity index (χ1v) is 7.21. The highest BCUT2D eigenvalue weighted by Crippen LogP contribution is 2.25. The van der Waals surface area contributed by atoms with E-state index in [9.17, 15) is 9.90 Å². The molecule has 0 bridgehead atoms. The van der Waals surface area contributed by atoms with Crippen LogP contribution >= 0.6 is 15.9 Å². The number of phenols is 1. The Morgan fingerprint density at radius 3 is 2.67 bits per heavy atom. The lowest BCUT2D eigenvalue weighted by molar-refractivity contribution is 0.0600. The van der Waals surface area contributed by atoms with Crippen LogP contribution in [0, 0.1) is 6.92 Å². The molecule has 0 unspecified atom stereocenters. The lowest BCUT2D eigenvalue weighted by atomic mass is 10.1. The van der Waals surface area contributed by atoms with Gasteiger partial charge in [-0.2, -0.15) is 0 Å². The van der Waals surface area contributed by atoms with Crippen LogP contribution in [0.1, 0.15) is 21.5 Å². The molecule has 0 spiro atoms. The topological polar surface area (TPSA) is 58.6 Å². The second-order valence-electron chi connectivity index (χ2n) is 4.66. The highest BCUT2D eigenvalue weighted by Gasteiger charge is 2.07. The minimum absolute atomic E-state index is 0.220. The number of carbonyl (C=O) groups is 1. The predicted octanol–water partition coefficient (Wildman–Crippen LogP) is 3.86. The number of anilines is 1. The van der Waals surface area contributed by atoms with Gasteiger partial charge in [0.15, 0.2) is 0 Å². The van der Waals surface area contributed by atoms with Crippen LogP contribution in [0.3, 0.4) is 0 Å². The Bertz CT molecular complexity index is 671. The molecule has 0 amide bonds. The maximum atomic E-state index is 11.5. The highest BCUT2D eigenvalue weighted by atomic mass is 79.9. The number of benzene rings is 2. The molecule has 0 aliphatic rings. The molecule has 0 saturated carbocycles. The van der Waals surface area contributed by atoms with Gasteiger partial charge in [-0.05, 0) is 64.3 Å². The maximum Gasteiger partial charge on any atom is 0.337 e. The van der Waals surface area contributed by atoms with Gasteiger partial charge in [0.25, 0.3) is 0 Å². The lowest BCUT2D eigenvalue weighted by Gasteiger charge is -2.11. The fraction of sp³-hybridized carbons (Fsp3) is 0.188. The number of carbonyl (C=O) groups excluding carboxylic acids is 1. The van der Waals surface area contributed by atoms with Crippen molar-refractivity contribution >= 4 is 27.6 Å². The third kappa shape index (κ3) is 3.76.